The van der Waals surface area contributed by atoms with Gasteiger partial charge in [-0.2, -0.15) is 0 Å². The van der Waals surface area contributed by atoms with Crippen LogP contribution in [0, 0.1) is 0 Å². The number of pyridine rings is 2. The third-order valence-electron chi connectivity index (χ3n) is 7.35. The number of nitrogens with zero attached hydrogens (tertiary/aromatic N) is 5. The van der Waals surface area contributed by atoms with E-state index in [0.29, 0.717) is 42.5 Å². The average molecular weight is 538 g/mol. The molecule has 11 heteroatoms. The summed E-state index contributed by atoms with van der Waals surface area (Å²) < 4.78 is 12.9. The molecule has 40 heavy (non-hydrogen) atoms. The largest absolute Gasteiger partial charge is 0.463 e. The van der Waals surface area contributed by atoms with E-state index in [9.17, 15) is 9.59 Å². The van der Waals surface area contributed by atoms with Gasteiger partial charge < -0.3 is 24.7 Å². The highest BCUT2D eigenvalue weighted by molar-refractivity contribution is 6.06. The number of hydrogen-bond donors (Lipinski definition) is 2. The van der Waals surface area contributed by atoms with E-state index in [1.54, 1.807) is 11.2 Å². The molecule has 0 unspecified atom stereocenters. The zero-order valence-corrected chi connectivity index (χ0v) is 22.3. The molecule has 1 atom stereocenters. The molecule has 2 aliphatic rings. The molecule has 202 valence electrons. The van der Waals surface area contributed by atoms with Crippen LogP contribution in [0.5, 0.6) is 0 Å². The third kappa shape index (κ3) is 3.77. The number of furan rings is 1. The van der Waals surface area contributed by atoms with Crippen LogP contribution >= 0.6 is 0 Å². The number of amides is 2. The van der Waals surface area contributed by atoms with E-state index < -0.39 is 0 Å². The Kier molecular flexibility index (Phi) is 5.49. The summed E-state index contributed by atoms with van der Waals surface area (Å²) in [7, 11) is 3.90. The Morgan fingerprint density at radius 3 is 2.80 bits per heavy atom. The van der Waals surface area contributed by atoms with Gasteiger partial charge in [-0.15, -0.1) is 0 Å². The van der Waals surface area contributed by atoms with Crippen LogP contribution < -0.4 is 15.5 Å². The molecule has 0 bridgehead atoms. The van der Waals surface area contributed by atoms with Gasteiger partial charge in [0.1, 0.15) is 18.1 Å². The normalized spacial score (nSPS) is 16.7. The van der Waals surface area contributed by atoms with Crippen molar-refractivity contribution < 1.29 is 18.7 Å². The Balaban J connectivity index is 1.29. The van der Waals surface area contributed by atoms with Crippen LogP contribution in [0.2, 0.25) is 0 Å². The second-order valence-electron chi connectivity index (χ2n) is 10.4. The summed E-state index contributed by atoms with van der Waals surface area (Å²) in [6.07, 6.45) is 3.11. The minimum Gasteiger partial charge on any atom is -0.463 e. The molecule has 0 aliphatic carbocycles. The van der Waals surface area contributed by atoms with Crippen LogP contribution in [0.25, 0.3) is 28.0 Å². The number of imidazole rings is 1. The molecule has 5 aromatic rings. The molecule has 0 radical (unpaired) electrons. The van der Waals surface area contributed by atoms with Crippen molar-refractivity contribution in [3.63, 3.8) is 0 Å². The van der Waals surface area contributed by atoms with E-state index in [0.717, 1.165) is 39.3 Å². The molecule has 2 aliphatic heterocycles. The Morgan fingerprint density at radius 1 is 1.12 bits per heavy atom. The number of benzene rings is 1. The highest BCUT2D eigenvalue weighted by Gasteiger charge is 2.33. The second-order valence-corrected chi connectivity index (χ2v) is 10.4. The summed E-state index contributed by atoms with van der Waals surface area (Å²) in [5, 5.41) is 6.34. The van der Waals surface area contributed by atoms with Gasteiger partial charge in [0.2, 0.25) is 0 Å². The number of rotatable bonds is 6. The molecule has 4 aromatic heterocycles. The van der Waals surface area contributed by atoms with Gasteiger partial charge in [0.15, 0.2) is 5.58 Å². The van der Waals surface area contributed by atoms with Gasteiger partial charge in [-0.05, 0) is 56.9 Å². The lowest BCUT2D eigenvalue weighted by Crippen LogP contribution is -2.32. The molecule has 7 rings (SSSR count). The van der Waals surface area contributed by atoms with Crippen LogP contribution in [0.3, 0.4) is 0 Å². The van der Waals surface area contributed by atoms with Gasteiger partial charge >= 0.3 is 6.09 Å². The molecule has 1 aromatic carbocycles. The van der Waals surface area contributed by atoms with Crippen molar-refractivity contribution in [2.75, 3.05) is 30.9 Å². The van der Waals surface area contributed by atoms with Crippen LogP contribution in [-0.2, 0) is 17.8 Å². The van der Waals surface area contributed by atoms with Crippen LogP contribution in [0.4, 0.5) is 22.0 Å². The van der Waals surface area contributed by atoms with E-state index in [2.05, 4.69) is 15.6 Å². The molecule has 2 N–H and O–H groups in total. The average Bonchev–Trinajstić information content (AvgIpc) is 3.71. The molecule has 0 spiro atoms. The summed E-state index contributed by atoms with van der Waals surface area (Å²) in [6, 6.07) is 13.2. The van der Waals surface area contributed by atoms with E-state index in [4.69, 9.17) is 14.1 Å². The predicted molar refractivity (Wildman–Crippen MR) is 150 cm³/mol. The molecular weight excluding hydrogens is 510 g/mol. The number of fused-ring (bicyclic) bond motifs is 4. The summed E-state index contributed by atoms with van der Waals surface area (Å²) in [4.78, 5) is 38.6. The first-order valence-electron chi connectivity index (χ1n) is 13.0. The Morgan fingerprint density at radius 2 is 2.00 bits per heavy atom. The van der Waals surface area contributed by atoms with Crippen LogP contribution in [0.1, 0.15) is 28.5 Å². The fraction of sp³-hybridized carbons (Fsp3) is 0.241. The van der Waals surface area contributed by atoms with Gasteiger partial charge in [-0.25, -0.2) is 14.8 Å². The first-order valence-corrected chi connectivity index (χ1v) is 13.0. The van der Waals surface area contributed by atoms with Gasteiger partial charge in [0.05, 0.1) is 52.3 Å². The maximum absolute atomic E-state index is 13.1. The fourth-order valence-electron chi connectivity index (χ4n) is 5.58. The van der Waals surface area contributed by atoms with Gasteiger partial charge in [-0.3, -0.25) is 14.1 Å². The zero-order chi connectivity index (χ0) is 27.5. The minimum absolute atomic E-state index is 0.0866. The quantitative estimate of drug-likeness (QED) is 0.324. The lowest BCUT2D eigenvalue weighted by Gasteiger charge is -2.23. The number of nitrogens with one attached hydrogen (secondary N) is 2. The molecule has 2 amide bonds. The minimum atomic E-state index is -0.375. The monoisotopic (exact) mass is 537 g/mol. The Labute approximate surface area is 229 Å². The number of carbonyl (C=O) groups excluding carboxylic acids is 2. The van der Waals surface area contributed by atoms with Crippen LogP contribution in [0.15, 0.2) is 59.3 Å². The predicted octanol–water partition coefficient (Wildman–Crippen LogP) is 4.54. The van der Waals surface area contributed by atoms with Crippen molar-refractivity contribution >= 4 is 45.9 Å². The maximum atomic E-state index is 13.1. The highest BCUT2D eigenvalue weighted by atomic mass is 16.6. The van der Waals surface area contributed by atoms with Crippen molar-refractivity contribution in [3.8, 4) is 11.3 Å². The number of carbonyl (C=O) groups is 2. The van der Waals surface area contributed by atoms with Crippen molar-refractivity contribution in [2.24, 2.45) is 0 Å². The van der Waals surface area contributed by atoms with Crippen molar-refractivity contribution in [2.45, 2.75) is 26.1 Å². The lowest BCUT2D eigenvalue weighted by molar-refractivity contribution is 0.0966. The SMILES string of the molecule is C[C@H]1COC(=O)N1c1ccc(Nc2ccc(-c3cnc4ccc5occc5n34)c3c2C(=O)NC3)nc1CN(C)C. The van der Waals surface area contributed by atoms with Gasteiger partial charge in [0.25, 0.3) is 5.91 Å². The van der Waals surface area contributed by atoms with E-state index in [1.165, 1.54) is 0 Å². The zero-order valence-electron chi connectivity index (χ0n) is 22.3. The fourth-order valence-corrected chi connectivity index (χ4v) is 5.58. The van der Waals surface area contributed by atoms with E-state index in [-0.39, 0.29) is 18.0 Å². The number of ether oxygens (including phenoxy) is 1. The van der Waals surface area contributed by atoms with Crippen LogP contribution in [-0.4, -0.2) is 58.0 Å². The standard InChI is InChI=1S/C29H27N7O4/c1-16-15-40-29(38)35(16)21-6-8-25(33-20(21)14-34(2)3)32-19-5-4-17(18-12-31-28(37)27(18)19)23-13-30-26-9-7-24-22(36(23)26)10-11-39-24/h4-11,13,16H,12,14-15H2,1-3H3,(H,31,37)(H,32,33)/t16-/m0/s1. The summed E-state index contributed by atoms with van der Waals surface area (Å²) in [5.41, 5.74) is 7.82. The third-order valence-corrected chi connectivity index (χ3v) is 7.35. The highest BCUT2D eigenvalue weighted by Crippen LogP contribution is 2.37. The van der Waals surface area contributed by atoms with Crippen molar-refractivity contribution in [1.29, 1.82) is 0 Å². The van der Waals surface area contributed by atoms with E-state index in [1.807, 2.05) is 79.0 Å². The maximum Gasteiger partial charge on any atom is 0.414 e. The molecule has 1 fully saturated rings. The molecular formula is C29H27N7O4. The first kappa shape index (κ1) is 24.2. The molecule has 11 nitrogen and oxygen atoms in total. The first-order chi connectivity index (χ1) is 19.4. The smallest absolute Gasteiger partial charge is 0.414 e. The number of anilines is 3. The van der Waals surface area contributed by atoms with Gasteiger partial charge in [0, 0.05) is 24.7 Å². The topological polar surface area (TPSA) is 117 Å². The summed E-state index contributed by atoms with van der Waals surface area (Å²) in [5.74, 6) is 0.422. The molecule has 0 saturated carbocycles. The summed E-state index contributed by atoms with van der Waals surface area (Å²) in [6.45, 7) is 3.21. The summed E-state index contributed by atoms with van der Waals surface area (Å²) >= 11 is 0. The van der Waals surface area contributed by atoms with Crippen molar-refractivity contribution in [1.82, 2.24) is 24.6 Å². The number of cyclic esters (lactones) is 1. The van der Waals surface area contributed by atoms with Gasteiger partial charge in [-0.1, -0.05) is 6.07 Å². The molecule has 1 saturated heterocycles. The Hall–Kier alpha value is -4.90. The van der Waals surface area contributed by atoms with E-state index >= 15 is 0 Å². The lowest BCUT2D eigenvalue weighted by atomic mass is 9.99. The molecule has 6 heterocycles. The Bertz CT molecular complexity index is 1820. The van der Waals surface area contributed by atoms with Crippen molar-refractivity contribution in [3.05, 3.63) is 71.7 Å². The second kappa shape index (κ2) is 9.09. The number of aromatic nitrogens is 3. The number of hydrogen-bond acceptors (Lipinski definition) is 8.